The molecule has 1 amide bonds. The Morgan fingerprint density at radius 2 is 0.811 bits per heavy atom. The first kappa shape index (κ1) is 26.2. The fraction of sp³-hybridized carbons (Fsp3) is 0. The number of nitrogens with one attached hydrogen (secondary N) is 1. The van der Waals surface area contributed by atoms with E-state index >= 15 is 0 Å². The highest BCUT2D eigenvalue weighted by Gasteiger charge is 2.05. The number of nitrogens with two attached hydrogens (primary N) is 6. The maximum absolute atomic E-state index is 11.8. The van der Waals surface area contributed by atoms with Crippen LogP contribution in [0.1, 0.15) is 10.4 Å². The molecular weight excluding hydrogens is 462 g/mol. The van der Waals surface area contributed by atoms with Crippen molar-refractivity contribution in [1.29, 1.82) is 0 Å². The fourth-order valence-electron chi connectivity index (χ4n) is 3.26. The molecule has 0 aliphatic carbocycles. The molecule has 5 aromatic rings. The molecule has 0 saturated heterocycles. The Hall–Kier alpha value is -5.37. The standard InChI is InChI=1S/C13H13N3O.C10H10N2.C6H8N2/c14-10-3-1-9(2-4-10)13(17)16-12-7-5-11(15)6-8-12;11-9-5-1-3-7-8(9)4-2-6-10(7)12;7-5-1-2-6(8)4-3-5/h1-8H,14-15H2,(H,16,17);1-6H,11-12H2;1-4H,7-8H2. The van der Waals surface area contributed by atoms with Crippen LogP contribution in [0.15, 0.2) is 109 Å². The van der Waals surface area contributed by atoms with Gasteiger partial charge in [-0.15, -0.1) is 0 Å². The minimum Gasteiger partial charge on any atom is -0.399 e. The maximum Gasteiger partial charge on any atom is 0.255 e. The SMILES string of the molecule is Nc1ccc(N)cc1.Nc1ccc(NC(=O)c2ccc(N)cc2)cc1.Nc1cccc2c(N)cccc12. The Kier molecular flexibility index (Phi) is 8.77. The maximum atomic E-state index is 11.8. The summed E-state index contributed by atoms with van der Waals surface area (Å²) >= 11 is 0. The first-order valence-corrected chi connectivity index (χ1v) is 11.4. The molecule has 13 N–H and O–H groups in total. The number of benzene rings is 5. The van der Waals surface area contributed by atoms with Crippen molar-refractivity contribution in [2.75, 3.05) is 39.7 Å². The van der Waals surface area contributed by atoms with Gasteiger partial charge in [0.15, 0.2) is 0 Å². The number of fused-ring (bicyclic) bond motifs is 1. The number of carbonyl (C=O) groups excluding carboxylic acids is 1. The van der Waals surface area contributed by atoms with Gasteiger partial charge in [-0.1, -0.05) is 24.3 Å². The molecule has 0 atom stereocenters. The van der Waals surface area contributed by atoms with E-state index in [4.69, 9.17) is 34.4 Å². The molecule has 0 bridgehead atoms. The summed E-state index contributed by atoms with van der Waals surface area (Å²) in [4.78, 5) is 11.8. The summed E-state index contributed by atoms with van der Waals surface area (Å²) in [6.45, 7) is 0. The molecule has 0 heterocycles. The third-order valence-electron chi connectivity index (χ3n) is 5.27. The summed E-state index contributed by atoms with van der Waals surface area (Å²) in [7, 11) is 0. The third kappa shape index (κ3) is 7.83. The molecule has 0 aliphatic heterocycles. The van der Waals surface area contributed by atoms with E-state index in [0.717, 1.165) is 33.5 Å². The van der Waals surface area contributed by atoms with E-state index in [2.05, 4.69) is 5.32 Å². The van der Waals surface area contributed by atoms with Crippen molar-refractivity contribution >= 4 is 56.5 Å². The third-order valence-corrected chi connectivity index (χ3v) is 5.27. The van der Waals surface area contributed by atoms with E-state index in [0.29, 0.717) is 22.6 Å². The second-order valence-corrected chi connectivity index (χ2v) is 8.15. The average molecular weight is 494 g/mol. The molecular formula is C29H31N7O. The molecule has 188 valence electrons. The lowest BCUT2D eigenvalue weighted by atomic mass is 10.1. The van der Waals surface area contributed by atoms with Crippen LogP contribution in [0.2, 0.25) is 0 Å². The van der Waals surface area contributed by atoms with Crippen molar-refractivity contribution in [3.63, 3.8) is 0 Å². The van der Waals surface area contributed by atoms with Gasteiger partial charge in [0.25, 0.3) is 5.91 Å². The fourth-order valence-corrected chi connectivity index (χ4v) is 3.26. The van der Waals surface area contributed by atoms with Gasteiger partial charge in [-0.25, -0.2) is 0 Å². The van der Waals surface area contributed by atoms with Gasteiger partial charge in [0.05, 0.1) is 0 Å². The Morgan fingerprint density at radius 1 is 0.459 bits per heavy atom. The molecule has 0 aromatic heterocycles. The molecule has 0 saturated carbocycles. The van der Waals surface area contributed by atoms with Gasteiger partial charge >= 0.3 is 0 Å². The Bertz CT molecular complexity index is 1390. The highest BCUT2D eigenvalue weighted by Crippen LogP contribution is 2.25. The van der Waals surface area contributed by atoms with Crippen LogP contribution in [0, 0.1) is 0 Å². The van der Waals surface area contributed by atoms with E-state index in [9.17, 15) is 4.79 Å². The van der Waals surface area contributed by atoms with Crippen LogP contribution in [0.25, 0.3) is 10.8 Å². The van der Waals surface area contributed by atoms with Gasteiger partial charge in [-0.3, -0.25) is 4.79 Å². The van der Waals surface area contributed by atoms with Gasteiger partial charge in [-0.2, -0.15) is 0 Å². The quantitative estimate of drug-likeness (QED) is 0.169. The van der Waals surface area contributed by atoms with Crippen LogP contribution in [-0.4, -0.2) is 5.91 Å². The normalized spacial score (nSPS) is 9.84. The van der Waals surface area contributed by atoms with Crippen LogP contribution in [0.3, 0.4) is 0 Å². The van der Waals surface area contributed by atoms with E-state index < -0.39 is 0 Å². The molecule has 8 nitrogen and oxygen atoms in total. The number of rotatable bonds is 2. The molecule has 0 aliphatic rings. The zero-order valence-corrected chi connectivity index (χ0v) is 20.3. The summed E-state index contributed by atoms with van der Waals surface area (Å²) in [6.07, 6.45) is 0. The second kappa shape index (κ2) is 12.4. The zero-order chi connectivity index (χ0) is 26.8. The molecule has 37 heavy (non-hydrogen) atoms. The van der Waals surface area contributed by atoms with Crippen molar-refractivity contribution in [2.24, 2.45) is 0 Å². The van der Waals surface area contributed by atoms with Crippen molar-refractivity contribution in [3.8, 4) is 0 Å². The molecule has 0 spiro atoms. The van der Waals surface area contributed by atoms with Crippen LogP contribution in [0.5, 0.6) is 0 Å². The van der Waals surface area contributed by atoms with Gasteiger partial charge < -0.3 is 39.7 Å². The number of carbonyl (C=O) groups is 1. The number of hydrogen-bond donors (Lipinski definition) is 7. The summed E-state index contributed by atoms with van der Waals surface area (Å²) in [5.41, 5.74) is 39.0. The molecule has 5 rings (SSSR count). The lowest BCUT2D eigenvalue weighted by Crippen LogP contribution is -2.11. The minimum atomic E-state index is -0.172. The van der Waals surface area contributed by atoms with E-state index in [1.165, 1.54) is 0 Å². The van der Waals surface area contributed by atoms with Gasteiger partial charge in [0.1, 0.15) is 0 Å². The first-order valence-electron chi connectivity index (χ1n) is 11.4. The Balaban J connectivity index is 0.000000165. The highest BCUT2D eigenvalue weighted by molar-refractivity contribution is 6.04. The number of amides is 1. The first-order chi connectivity index (χ1) is 17.7. The number of anilines is 7. The number of hydrogen-bond acceptors (Lipinski definition) is 7. The lowest BCUT2D eigenvalue weighted by Gasteiger charge is -2.05. The molecule has 0 fully saturated rings. The van der Waals surface area contributed by atoms with Crippen molar-refractivity contribution < 1.29 is 4.79 Å². The smallest absolute Gasteiger partial charge is 0.255 e. The van der Waals surface area contributed by atoms with Crippen LogP contribution in [-0.2, 0) is 0 Å². The van der Waals surface area contributed by atoms with Gasteiger partial charge in [0.2, 0.25) is 0 Å². The van der Waals surface area contributed by atoms with E-state index in [-0.39, 0.29) is 5.91 Å². The summed E-state index contributed by atoms with van der Waals surface area (Å²) in [5, 5.41) is 4.82. The molecule has 0 unspecified atom stereocenters. The average Bonchev–Trinajstić information content (AvgIpc) is 2.89. The lowest BCUT2D eigenvalue weighted by molar-refractivity contribution is 0.102. The molecule has 5 aromatic carbocycles. The monoisotopic (exact) mass is 493 g/mol. The summed E-state index contributed by atoms with van der Waals surface area (Å²) in [6, 6.07) is 32.3. The van der Waals surface area contributed by atoms with Crippen molar-refractivity contribution in [3.05, 3.63) is 115 Å². The molecule has 0 radical (unpaired) electrons. The summed E-state index contributed by atoms with van der Waals surface area (Å²) < 4.78 is 0. The van der Waals surface area contributed by atoms with Crippen LogP contribution >= 0.6 is 0 Å². The van der Waals surface area contributed by atoms with Gasteiger partial charge in [-0.05, 0) is 84.9 Å². The zero-order valence-electron chi connectivity index (χ0n) is 20.3. The predicted molar refractivity (Wildman–Crippen MR) is 158 cm³/mol. The highest BCUT2D eigenvalue weighted by atomic mass is 16.1. The largest absolute Gasteiger partial charge is 0.399 e. The predicted octanol–water partition coefficient (Wildman–Crippen LogP) is 4.96. The van der Waals surface area contributed by atoms with Gasteiger partial charge in [0, 0.05) is 56.1 Å². The van der Waals surface area contributed by atoms with E-state index in [1.807, 2.05) is 36.4 Å². The minimum absolute atomic E-state index is 0.172. The summed E-state index contributed by atoms with van der Waals surface area (Å²) in [5.74, 6) is -0.172. The van der Waals surface area contributed by atoms with Crippen LogP contribution in [0.4, 0.5) is 39.8 Å². The Labute approximate surface area is 215 Å². The van der Waals surface area contributed by atoms with Crippen molar-refractivity contribution in [2.45, 2.75) is 0 Å². The molecule has 8 heteroatoms. The second-order valence-electron chi connectivity index (χ2n) is 8.15. The Morgan fingerprint density at radius 3 is 1.22 bits per heavy atom. The van der Waals surface area contributed by atoms with E-state index in [1.54, 1.807) is 72.8 Å². The number of nitrogen functional groups attached to an aromatic ring is 6. The van der Waals surface area contributed by atoms with Crippen LogP contribution < -0.4 is 39.7 Å². The topological polar surface area (TPSA) is 185 Å². The van der Waals surface area contributed by atoms with Crippen molar-refractivity contribution in [1.82, 2.24) is 0 Å².